The van der Waals surface area contributed by atoms with Crippen LogP contribution in [-0.2, 0) is 4.79 Å². The van der Waals surface area contributed by atoms with Crippen LogP contribution in [0.3, 0.4) is 0 Å². The third-order valence-electron chi connectivity index (χ3n) is 3.18. The molecule has 1 amide bonds. The SMILES string of the molecule is CCC(O)(CC)CNC(=O)COc1ccc(N)cc1. The first-order chi connectivity index (χ1) is 8.99. The number of amides is 1. The molecule has 0 atom stereocenters. The van der Waals surface area contributed by atoms with Crippen molar-refractivity contribution in [2.24, 2.45) is 0 Å². The van der Waals surface area contributed by atoms with Crippen molar-refractivity contribution in [1.82, 2.24) is 5.32 Å². The van der Waals surface area contributed by atoms with Crippen molar-refractivity contribution < 1.29 is 14.6 Å². The molecule has 0 saturated heterocycles. The molecule has 0 aromatic heterocycles. The maximum Gasteiger partial charge on any atom is 0.258 e. The van der Waals surface area contributed by atoms with Crippen molar-refractivity contribution in [2.45, 2.75) is 32.3 Å². The number of carbonyl (C=O) groups is 1. The molecule has 1 aromatic rings. The Labute approximate surface area is 113 Å². The molecule has 19 heavy (non-hydrogen) atoms. The maximum atomic E-state index is 11.6. The number of aliphatic hydroxyl groups is 1. The van der Waals surface area contributed by atoms with Gasteiger partial charge in [0.1, 0.15) is 5.75 Å². The summed E-state index contributed by atoms with van der Waals surface area (Å²) in [5.74, 6) is 0.336. The summed E-state index contributed by atoms with van der Waals surface area (Å²) in [7, 11) is 0. The fourth-order valence-corrected chi connectivity index (χ4v) is 1.53. The Morgan fingerprint density at radius 3 is 2.42 bits per heavy atom. The van der Waals surface area contributed by atoms with Crippen LogP contribution >= 0.6 is 0 Å². The molecule has 0 saturated carbocycles. The van der Waals surface area contributed by atoms with Crippen molar-refractivity contribution in [2.75, 3.05) is 18.9 Å². The molecule has 106 valence electrons. The van der Waals surface area contributed by atoms with Gasteiger partial charge in [0, 0.05) is 12.2 Å². The van der Waals surface area contributed by atoms with E-state index in [1.807, 2.05) is 13.8 Å². The summed E-state index contributed by atoms with van der Waals surface area (Å²) in [6, 6.07) is 6.83. The van der Waals surface area contributed by atoms with Crippen LogP contribution in [0.4, 0.5) is 5.69 Å². The van der Waals surface area contributed by atoms with Crippen LogP contribution in [0, 0.1) is 0 Å². The van der Waals surface area contributed by atoms with Gasteiger partial charge in [-0.05, 0) is 37.1 Å². The standard InChI is InChI=1S/C14H22N2O3/c1-3-14(18,4-2)10-16-13(17)9-19-12-7-5-11(15)6-8-12/h5-8,18H,3-4,9-10,15H2,1-2H3,(H,16,17). The number of benzene rings is 1. The van der Waals surface area contributed by atoms with E-state index in [4.69, 9.17) is 10.5 Å². The molecule has 0 bridgehead atoms. The summed E-state index contributed by atoms with van der Waals surface area (Å²) in [5.41, 5.74) is 5.36. The Morgan fingerprint density at radius 1 is 1.32 bits per heavy atom. The molecule has 0 spiro atoms. The molecule has 0 aliphatic heterocycles. The van der Waals surface area contributed by atoms with Crippen molar-refractivity contribution in [3.8, 4) is 5.75 Å². The fraction of sp³-hybridized carbons (Fsp3) is 0.500. The minimum atomic E-state index is -0.836. The summed E-state index contributed by atoms with van der Waals surface area (Å²) in [6.45, 7) is 3.94. The van der Waals surface area contributed by atoms with Crippen LogP contribution in [0.5, 0.6) is 5.75 Å². The summed E-state index contributed by atoms with van der Waals surface area (Å²) in [5, 5.41) is 12.7. The van der Waals surface area contributed by atoms with Crippen molar-refractivity contribution in [1.29, 1.82) is 0 Å². The monoisotopic (exact) mass is 266 g/mol. The van der Waals surface area contributed by atoms with E-state index in [0.29, 0.717) is 24.3 Å². The molecule has 0 heterocycles. The molecule has 5 nitrogen and oxygen atoms in total. The zero-order chi connectivity index (χ0) is 14.3. The quantitative estimate of drug-likeness (QED) is 0.650. The molecular weight excluding hydrogens is 244 g/mol. The first-order valence-electron chi connectivity index (χ1n) is 6.46. The Morgan fingerprint density at radius 2 is 1.89 bits per heavy atom. The lowest BCUT2D eigenvalue weighted by molar-refractivity contribution is -0.124. The highest BCUT2D eigenvalue weighted by molar-refractivity contribution is 5.77. The Bertz CT molecular complexity index is 400. The van der Waals surface area contributed by atoms with E-state index in [-0.39, 0.29) is 19.1 Å². The normalized spacial score (nSPS) is 11.1. The number of nitrogen functional groups attached to an aromatic ring is 1. The number of nitrogens with one attached hydrogen (secondary N) is 1. The van der Waals surface area contributed by atoms with Crippen molar-refractivity contribution >= 4 is 11.6 Å². The summed E-state index contributed by atoms with van der Waals surface area (Å²) in [4.78, 5) is 11.6. The van der Waals surface area contributed by atoms with E-state index in [9.17, 15) is 9.90 Å². The average molecular weight is 266 g/mol. The number of hydrogen-bond acceptors (Lipinski definition) is 4. The molecule has 0 aliphatic rings. The fourth-order valence-electron chi connectivity index (χ4n) is 1.53. The average Bonchev–Trinajstić information content (AvgIpc) is 2.44. The molecule has 4 N–H and O–H groups in total. The first-order valence-corrected chi connectivity index (χ1v) is 6.46. The summed E-state index contributed by atoms with van der Waals surface area (Å²) in [6.07, 6.45) is 1.20. The van der Waals surface area contributed by atoms with Gasteiger partial charge in [-0.15, -0.1) is 0 Å². The number of anilines is 1. The van der Waals surface area contributed by atoms with Crippen LogP contribution in [-0.4, -0.2) is 29.8 Å². The molecule has 1 rings (SSSR count). The van der Waals surface area contributed by atoms with Gasteiger partial charge in [0.05, 0.1) is 5.60 Å². The lowest BCUT2D eigenvalue weighted by atomic mass is 9.98. The second-order valence-corrected chi connectivity index (χ2v) is 4.57. The minimum absolute atomic E-state index is 0.0760. The zero-order valence-electron chi connectivity index (χ0n) is 11.5. The number of nitrogens with two attached hydrogens (primary N) is 1. The van der Waals surface area contributed by atoms with E-state index in [0.717, 1.165) is 0 Å². The van der Waals surface area contributed by atoms with Gasteiger partial charge in [-0.1, -0.05) is 13.8 Å². The number of rotatable bonds is 7. The molecule has 0 aliphatic carbocycles. The van der Waals surface area contributed by atoms with Gasteiger partial charge in [0.15, 0.2) is 6.61 Å². The van der Waals surface area contributed by atoms with Crippen LogP contribution in [0.15, 0.2) is 24.3 Å². The van der Waals surface area contributed by atoms with E-state index < -0.39 is 5.60 Å². The predicted octanol–water partition coefficient (Wildman–Crippen LogP) is 1.31. The van der Waals surface area contributed by atoms with Gasteiger partial charge in [-0.3, -0.25) is 4.79 Å². The van der Waals surface area contributed by atoms with Crippen LogP contribution in [0.25, 0.3) is 0 Å². The van der Waals surface area contributed by atoms with E-state index in [1.165, 1.54) is 0 Å². The highest BCUT2D eigenvalue weighted by Crippen LogP contribution is 2.14. The topological polar surface area (TPSA) is 84.6 Å². The Hall–Kier alpha value is -1.75. The highest BCUT2D eigenvalue weighted by Gasteiger charge is 2.22. The van der Waals surface area contributed by atoms with Gasteiger partial charge in [0.2, 0.25) is 0 Å². The highest BCUT2D eigenvalue weighted by atomic mass is 16.5. The molecule has 1 aromatic carbocycles. The Balaban J connectivity index is 2.34. The zero-order valence-corrected chi connectivity index (χ0v) is 11.5. The van der Waals surface area contributed by atoms with Gasteiger partial charge in [0.25, 0.3) is 5.91 Å². The summed E-state index contributed by atoms with van der Waals surface area (Å²) >= 11 is 0. The second-order valence-electron chi connectivity index (χ2n) is 4.57. The van der Waals surface area contributed by atoms with Gasteiger partial charge in [-0.25, -0.2) is 0 Å². The Kier molecular flexibility index (Phi) is 5.63. The lowest BCUT2D eigenvalue weighted by Crippen LogP contribution is -2.43. The number of carbonyl (C=O) groups excluding carboxylic acids is 1. The third-order valence-corrected chi connectivity index (χ3v) is 3.18. The molecule has 5 heteroatoms. The van der Waals surface area contributed by atoms with Gasteiger partial charge >= 0.3 is 0 Å². The number of ether oxygens (including phenoxy) is 1. The molecular formula is C14H22N2O3. The maximum absolute atomic E-state index is 11.6. The second kappa shape index (κ2) is 6.99. The number of hydrogen-bond donors (Lipinski definition) is 3. The molecule has 0 fully saturated rings. The lowest BCUT2D eigenvalue weighted by Gasteiger charge is -2.25. The predicted molar refractivity (Wildman–Crippen MR) is 74.9 cm³/mol. The summed E-state index contributed by atoms with van der Waals surface area (Å²) < 4.78 is 5.31. The van der Waals surface area contributed by atoms with E-state index in [1.54, 1.807) is 24.3 Å². The van der Waals surface area contributed by atoms with Crippen LogP contribution < -0.4 is 15.8 Å². The molecule has 0 radical (unpaired) electrons. The van der Waals surface area contributed by atoms with Crippen LogP contribution in [0.1, 0.15) is 26.7 Å². The first kappa shape index (κ1) is 15.3. The smallest absolute Gasteiger partial charge is 0.258 e. The molecule has 0 unspecified atom stereocenters. The van der Waals surface area contributed by atoms with Gasteiger partial charge in [-0.2, -0.15) is 0 Å². The van der Waals surface area contributed by atoms with Gasteiger partial charge < -0.3 is 20.9 Å². The van der Waals surface area contributed by atoms with Crippen molar-refractivity contribution in [3.05, 3.63) is 24.3 Å². The van der Waals surface area contributed by atoms with Crippen LogP contribution in [0.2, 0.25) is 0 Å². The largest absolute Gasteiger partial charge is 0.484 e. The van der Waals surface area contributed by atoms with E-state index >= 15 is 0 Å². The minimum Gasteiger partial charge on any atom is -0.484 e. The third kappa shape index (κ3) is 5.18. The van der Waals surface area contributed by atoms with Crippen molar-refractivity contribution in [3.63, 3.8) is 0 Å². The van der Waals surface area contributed by atoms with E-state index in [2.05, 4.69) is 5.32 Å².